The fourth-order valence-corrected chi connectivity index (χ4v) is 3.84. The van der Waals surface area contributed by atoms with Gasteiger partial charge in [-0.3, -0.25) is 9.78 Å². The van der Waals surface area contributed by atoms with Crippen LogP contribution in [0.1, 0.15) is 12.5 Å². The number of pyridine rings is 1. The van der Waals surface area contributed by atoms with Crippen molar-refractivity contribution in [2.45, 2.75) is 17.4 Å². The van der Waals surface area contributed by atoms with Crippen LogP contribution >= 0.6 is 11.8 Å². The summed E-state index contributed by atoms with van der Waals surface area (Å²) < 4.78 is 1.89. The van der Waals surface area contributed by atoms with Crippen LogP contribution in [0.4, 0.5) is 0 Å². The Bertz CT molecular complexity index is 868. The largest absolute Gasteiger partial charge is 0.340 e. The number of likely N-dealkylation sites (tertiary alicyclic amines) is 1. The van der Waals surface area contributed by atoms with Gasteiger partial charge < -0.3 is 4.90 Å². The average molecular weight is 365 g/mol. The first-order valence-electron chi connectivity index (χ1n) is 8.57. The van der Waals surface area contributed by atoms with E-state index in [9.17, 15) is 4.79 Å². The zero-order valence-electron chi connectivity index (χ0n) is 14.2. The smallest absolute Gasteiger partial charge is 0.233 e. The van der Waals surface area contributed by atoms with E-state index < -0.39 is 0 Å². The molecule has 0 spiro atoms. The summed E-state index contributed by atoms with van der Waals surface area (Å²) >= 11 is 1.55. The van der Waals surface area contributed by atoms with Gasteiger partial charge in [0.25, 0.3) is 0 Å². The molecule has 1 aliphatic rings. The molecule has 132 valence electrons. The van der Waals surface area contributed by atoms with Crippen LogP contribution < -0.4 is 0 Å². The molecular formula is C19H19N5OS. The predicted octanol–water partition coefficient (Wildman–Crippen LogP) is 2.91. The van der Waals surface area contributed by atoms with E-state index in [1.165, 1.54) is 0 Å². The number of hydrogen-bond acceptors (Lipinski definition) is 5. The summed E-state index contributed by atoms with van der Waals surface area (Å²) in [6, 6.07) is 14.0. The fourth-order valence-electron chi connectivity index (χ4n) is 3.05. The van der Waals surface area contributed by atoms with E-state index in [1.807, 2.05) is 58.2 Å². The van der Waals surface area contributed by atoms with E-state index in [-0.39, 0.29) is 11.9 Å². The van der Waals surface area contributed by atoms with Crippen LogP contribution in [-0.2, 0) is 4.79 Å². The van der Waals surface area contributed by atoms with Crippen LogP contribution in [0.25, 0.3) is 11.3 Å². The Balaban J connectivity index is 1.35. The number of benzene rings is 1. The van der Waals surface area contributed by atoms with Crippen molar-refractivity contribution in [3.05, 3.63) is 61.1 Å². The Kier molecular flexibility index (Phi) is 4.97. The molecule has 1 aliphatic heterocycles. The summed E-state index contributed by atoms with van der Waals surface area (Å²) in [7, 11) is 0. The highest BCUT2D eigenvalue weighted by atomic mass is 32.2. The Morgan fingerprint density at radius 1 is 1.15 bits per heavy atom. The maximum absolute atomic E-state index is 12.5. The molecule has 0 aliphatic carbocycles. The van der Waals surface area contributed by atoms with E-state index in [0.717, 1.165) is 29.1 Å². The summed E-state index contributed by atoms with van der Waals surface area (Å²) in [5.74, 6) is 0.612. The molecule has 1 aromatic carbocycles. The quantitative estimate of drug-likeness (QED) is 0.651. The molecule has 1 unspecified atom stereocenters. The Morgan fingerprint density at radius 2 is 1.96 bits per heavy atom. The molecule has 2 aromatic heterocycles. The first-order valence-corrected chi connectivity index (χ1v) is 9.56. The van der Waals surface area contributed by atoms with Gasteiger partial charge in [-0.15, -0.1) is 16.9 Å². The van der Waals surface area contributed by atoms with Crippen molar-refractivity contribution in [2.24, 2.45) is 0 Å². The minimum atomic E-state index is 0.165. The second-order valence-corrected chi connectivity index (χ2v) is 7.25. The Morgan fingerprint density at radius 3 is 2.77 bits per heavy atom. The molecule has 0 saturated carbocycles. The van der Waals surface area contributed by atoms with Crippen LogP contribution in [0.15, 0.2) is 66.0 Å². The predicted molar refractivity (Wildman–Crippen MR) is 101 cm³/mol. The van der Waals surface area contributed by atoms with E-state index in [1.54, 1.807) is 24.2 Å². The van der Waals surface area contributed by atoms with Crippen LogP contribution in [0.5, 0.6) is 0 Å². The number of thioether (sulfide) groups is 1. The molecule has 0 radical (unpaired) electrons. The molecule has 4 rings (SSSR count). The zero-order valence-corrected chi connectivity index (χ0v) is 15.0. The number of aromatic nitrogens is 4. The van der Waals surface area contributed by atoms with Gasteiger partial charge >= 0.3 is 0 Å². The fraction of sp³-hybridized carbons (Fsp3) is 0.263. The number of hydrogen-bond donors (Lipinski definition) is 0. The average Bonchev–Trinajstić information content (AvgIpc) is 3.37. The van der Waals surface area contributed by atoms with Gasteiger partial charge in [0.2, 0.25) is 5.91 Å². The van der Waals surface area contributed by atoms with Gasteiger partial charge in [-0.2, -0.15) is 0 Å². The highest BCUT2D eigenvalue weighted by Crippen LogP contribution is 2.25. The number of carbonyl (C=O) groups excluding carboxylic acids is 1. The lowest BCUT2D eigenvalue weighted by Gasteiger charge is -2.16. The van der Waals surface area contributed by atoms with Crippen molar-refractivity contribution in [3.63, 3.8) is 0 Å². The third-order valence-electron chi connectivity index (χ3n) is 4.48. The van der Waals surface area contributed by atoms with Gasteiger partial charge in [-0.05, 0) is 18.6 Å². The maximum Gasteiger partial charge on any atom is 0.233 e. The molecule has 26 heavy (non-hydrogen) atoms. The van der Waals surface area contributed by atoms with Crippen molar-refractivity contribution < 1.29 is 4.79 Å². The van der Waals surface area contributed by atoms with Crippen molar-refractivity contribution >= 4 is 17.7 Å². The van der Waals surface area contributed by atoms with Crippen molar-refractivity contribution in [1.29, 1.82) is 0 Å². The van der Waals surface area contributed by atoms with Gasteiger partial charge in [0, 0.05) is 35.9 Å². The minimum absolute atomic E-state index is 0.165. The topological polar surface area (TPSA) is 63.9 Å². The molecule has 1 amide bonds. The molecule has 1 saturated heterocycles. The number of carbonyl (C=O) groups is 1. The molecule has 3 aromatic rings. The van der Waals surface area contributed by atoms with Crippen LogP contribution in [0.2, 0.25) is 0 Å². The van der Waals surface area contributed by atoms with Gasteiger partial charge in [0.1, 0.15) is 5.69 Å². The molecular weight excluding hydrogens is 346 g/mol. The molecule has 1 atom stereocenters. The summed E-state index contributed by atoms with van der Waals surface area (Å²) in [5, 5.41) is 8.55. The lowest BCUT2D eigenvalue weighted by atomic mass is 10.2. The standard InChI is InChI=1S/C19H19N5OS/c25-19(14-26-17-6-9-20-10-7-17)23-11-8-16(12-23)24-13-18(21-22-24)15-4-2-1-3-5-15/h1-7,9-10,13,16H,8,11-12,14H2. The lowest BCUT2D eigenvalue weighted by Crippen LogP contribution is -2.30. The third-order valence-corrected chi connectivity index (χ3v) is 5.48. The van der Waals surface area contributed by atoms with Gasteiger partial charge in [0.15, 0.2) is 0 Å². The Hall–Kier alpha value is -2.67. The second kappa shape index (κ2) is 7.70. The van der Waals surface area contributed by atoms with Gasteiger partial charge in [-0.1, -0.05) is 35.5 Å². The summed E-state index contributed by atoms with van der Waals surface area (Å²) in [6.45, 7) is 1.45. The second-order valence-electron chi connectivity index (χ2n) is 6.20. The Labute approximate surface area is 156 Å². The first kappa shape index (κ1) is 16.8. The molecule has 7 heteroatoms. The molecule has 1 fully saturated rings. The molecule has 0 N–H and O–H groups in total. The zero-order chi connectivity index (χ0) is 17.8. The third kappa shape index (κ3) is 3.77. The minimum Gasteiger partial charge on any atom is -0.340 e. The lowest BCUT2D eigenvalue weighted by molar-refractivity contribution is -0.127. The van der Waals surface area contributed by atoms with E-state index in [4.69, 9.17) is 0 Å². The SMILES string of the molecule is O=C(CSc1ccncc1)N1CCC(n2cc(-c3ccccc3)nn2)C1. The highest BCUT2D eigenvalue weighted by molar-refractivity contribution is 8.00. The summed E-state index contributed by atoms with van der Waals surface area (Å²) in [6.07, 6.45) is 6.37. The summed E-state index contributed by atoms with van der Waals surface area (Å²) in [5.41, 5.74) is 1.92. The van der Waals surface area contributed by atoms with E-state index >= 15 is 0 Å². The molecule has 6 nitrogen and oxygen atoms in total. The normalized spacial score (nSPS) is 16.8. The number of nitrogens with zero attached hydrogens (tertiary/aromatic N) is 5. The van der Waals surface area contributed by atoms with Gasteiger partial charge in [0.05, 0.1) is 18.0 Å². The maximum atomic E-state index is 12.5. The number of amides is 1. The van der Waals surface area contributed by atoms with Crippen molar-refractivity contribution in [3.8, 4) is 11.3 Å². The van der Waals surface area contributed by atoms with E-state index in [0.29, 0.717) is 12.3 Å². The van der Waals surface area contributed by atoms with Crippen LogP contribution in [0.3, 0.4) is 0 Å². The van der Waals surface area contributed by atoms with Crippen molar-refractivity contribution in [1.82, 2.24) is 24.9 Å². The molecule has 3 heterocycles. The summed E-state index contributed by atoms with van der Waals surface area (Å²) in [4.78, 5) is 19.4. The monoisotopic (exact) mass is 365 g/mol. The van der Waals surface area contributed by atoms with Crippen LogP contribution in [-0.4, -0.2) is 49.6 Å². The van der Waals surface area contributed by atoms with Crippen molar-refractivity contribution in [2.75, 3.05) is 18.8 Å². The highest BCUT2D eigenvalue weighted by Gasteiger charge is 2.28. The number of rotatable bonds is 5. The van der Waals surface area contributed by atoms with E-state index in [2.05, 4.69) is 15.3 Å². The van der Waals surface area contributed by atoms with Gasteiger partial charge in [-0.25, -0.2) is 4.68 Å². The van der Waals surface area contributed by atoms with Crippen LogP contribution in [0, 0.1) is 0 Å². The first-order chi connectivity index (χ1) is 12.8. The molecule has 0 bridgehead atoms.